The van der Waals surface area contributed by atoms with Crippen LogP contribution in [-0.4, -0.2) is 103 Å². The normalized spacial score (nSPS) is 30.7. The minimum Gasteiger partial charge on any atom is -0.301 e. The number of nitrogens with zero attached hydrogens (tertiary/aromatic N) is 4. The first-order valence-corrected chi connectivity index (χ1v) is 9.84. The van der Waals surface area contributed by atoms with Crippen molar-refractivity contribution in [2.75, 3.05) is 58.9 Å². The predicted molar refractivity (Wildman–Crippen MR) is 99.0 cm³/mol. The van der Waals surface area contributed by atoms with Crippen molar-refractivity contribution in [2.24, 2.45) is 0 Å². The van der Waals surface area contributed by atoms with Crippen LogP contribution in [0.15, 0.2) is 0 Å². The number of piperazine rings is 2. The monoisotopic (exact) mass is 361 g/mol. The van der Waals surface area contributed by atoms with Crippen molar-refractivity contribution in [1.29, 1.82) is 0 Å². The first-order valence-electron chi connectivity index (χ1n) is 9.84. The van der Waals surface area contributed by atoms with Crippen molar-refractivity contribution in [3.05, 3.63) is 0 Å². The SMILES string of the molecule is CCN1CCN(C2(F)NCCN(CCN(C(C)C)C(C)C)C2F)CC1. The maximum absolute atomic E-state index is 15.5. The molecule has 0 radical (unpaired) electrons. The predicted octanol–water partition coefficient (Wildman–Crippen LogP) is 1.57. The summed E-state index contributed by atoms with van der Waals surface area (Å²) in [5.74, 6) is -2.07. The number of hydrogen-bond donors (Lipinski definition) is 1. The average molecular weight is 362 g/mol. The molecule has 2 fully saturated rings. The minimum absolute atomic E-state index is 0.401. The fourth-order valence-electron chi connectivity index (χ4n) is 4.05. The largest absolute Gasteiger partial charge is 0.301 e. The Kier molecular flexibility index (Phi) is 7.58. The highest BCUT2D eigenvalue weighted by Crippen LogP contribution is 2.28. The van der Waals surface area contributed by atoms with E-state index < -0.39 is 12.2 Å². The number of alkyl halides is 2. The van der Waals surface area contributed by atoms with Crippen LogP contribution < -0.4 is 5.32 Å². The Labute approximate surface area is 152 Å². The molecule has 2 rings (SSSR count). The lowest BCUT2D eigenvalue weighted by molar-refractivity contribution is -0.196. The van der Waals surface area contributed by atoms with Gasteiger partial charge in [-0.25, -0.2) is 8.78 Å². The van der Waals surface area contributed by atoms with Gasteiger partial charge in [-0.05, 0) is 34.2 Å². The zero-order chi connectivity index (χ0) is 18.6. The molecule has 2 saturated heterocycles. The van der Waals surface area contributed by atoms with Gasteiger partial charge in [0, 0.05) is 64.4 Å². The quantitative estimate of drug-likeness (QED) is 0.694. The first-order chi connectivity index (χ1) is 11.8. The van der Waals surface area contributed by atoms with Gasteiger partial charge in [-0.15, -0.1) is 0 Å². The summed E-state index contributed by atoms with van der Waals surface area (Å²) in [6.07, 6.45) is -1.63. The summed E-state index contributed by atoms with van der Waals surface area (Å²) in [5.41, 5.74) is 0. The summed E-state index contributed by atoms with van der Waals surface area (Å²) in [6, 6.07) is 0.802. The molecule has 2 unspecified atom stereocenters. The van der Waals surface area contributed by atoms with Crippen LogP contribution in [0.1, 0.15) is 34.6 Å². The van der Waals surface area contributed by atoms with E-state index in [1.54, 1.807) is 9.80 Å². The summed E-state index contributed by atoms with van der Waals surface area (Å²) in [4.78, 5) is 7.92. The van der Waals surface area contributed by atoms with Crippen molar-refractivity contribution in [3.8, 4) is 0 Å². The molecule has 2 aliphatic heterocycles. The van der Waals surface area contributed by atoms with Crippen LogP contribution in [0.3, 0.4) is 0 Å². The number of halogens is 2. The van der Waals surface area contributed by atoms with E-state index in [4.69, 9.17) is 0 Å². The van der Waals surface area contributed by atoms with E-state index in [0.717, 1.165) is 26.2 Å². The molecule has 1 N–H and O–H groups in total. The molecule has 0 bridgehead atoms. The molecule has 0 spiro atoms. The highest BCUT2D eigenvalue weighted by Gasteiger charge is 2.50. The molecule has 0 amide bonds. The molecule has 25 heavy (non-hydrogen) atoms. The van der Waals surface area contributed by atoms with Crippen LogP contribution in [0.2, 0.25) is 0 Å². The van der Waals surface area contributed by atoms with Crippen LogP contribution >= 0.6 is 0 Å². The van der Waals surface area contributed by atoms with Crippen molar-refractivity contribution in [3.63, 3.8) is 0 Å². The van der Waals surface area contributed by atoms with E-state index in [1.807, 2.05) is 0 Å². The molecule has 7 heteroatoms. The lowest BCUT2D eigenvalue weighted by Gasteiger charge is -2.49. The second-order valence-electron chi connectivity index (χ2n) is 7.82. The smallest absolute Gasteiger partial charge is 0.263 e. The Bertz CT molecular complexity index is 393. The molecule has 2 atom stereocenters. The Balaban J connectivity index is 1.96. The maximum atomic E-state index is 15.5. The van der Waals surface area contributed by atoms with E-state index in [2.05, 4.69) is 49.7 Å². The first kappa shape index (κ1) is 21.0. The van der Waals surface area contributed by atoms with Crippen LogP contribution in [0.25, 0.3) is 0 Å². The Morgan fingerprint density at radius 3 is 2.20 bits per heavy atom. The Hall–Kier alpha value is -0.340. The van der Waals surface area contributed by atoms with Gasteiger partial charge in [0.05, 0.1) is 0 Å². The van der Waals surface area contributed by atoms with E-state index in [1.165, 1.54) is 0 Å². The molecule has 0 aromatic heterocycles. The molecule has 0 aromatic rings. The van der Waals surface area contributed by atoms with Crippen molar-refractivity contribution >= 4 is 0 Å². The molecule has 148 valence electrons. The number of nitrogens with one attached hydrogen (secondary N) is 1. The molecule has 0 aliphatic carbocycles. The minimum atomic E-state index is -2.07. The van der Waals surface area contributed by atoms with Gasteiger partial charge in [0.1, 0.15) is 0 Å². The van der Waals surface area contributed by atoms with Crippen LogP contribution in [0, 0.1) is 0 Å². The highest BCUT2D eigenvalue weighted by molar-refractivity contribution is 4.92. The second-order valence-corrected chi connectivity index (χ2v) is 7.82. The second kappa shape index (κ2) is 9.04. The number of rotatable bonds is 7. The summed E-state index contributed by atoms with van der Waals surface area (Å²) >= 11 is 0. The number of likely N-dealkylation sites (N-methyl/N-ethyl adjacent to an activating group) is 1. The van der Waals surface area contributed by atoms with Crippen LogP contribution in [0.4, 0.5) is 8.78 Å². The van der Waals surface area contributed by atoms with E-state index in [9.17, 15) is 0 Å². The molecule has 5 nitrogen and oxygen atoms in total. The fraction of sp³-hybridized carbons (Fsp3) is 1.00. The van der Waals surface area contributed by atoms with Crippen LogP contribution in [-0.2, 0) is 0 Å². The number of hydrogen-bond acceptors (Lipinski definition) is 5. The highest BCUT2D eigenvalue weighted by atomic mass is 19.2. The maximum Gasteiger partial charge on any atom is 0.263 e. The van der Waals surface area contributed by atoms with E-state index >= 15 is 8.78 Å². The fourth-order valence-corrected chi connectivity index (χ4v) is 4.05. The third-order valence-electron chi connectivity index (χ3n) is 5.66. The molecule has 2 heterocycles. The standard InChI is InChI=1S/C18H37F2N5/c1-6-22-9-12-24(13-10-22)18(20)17(19)23(8-7-21-18)11-14-25(15(2)3)16(4)5/h15-17,21H,6-14H2,1-5H3. The Morgan fingerprint density at radius 1 is 1.08 bits per heavy atom. The van der Waals surface area contributed by atoms with Gasteiger partial charge in [-0.1, -0.05) is 6.92 Å². The van der Waals surface area contributed by atoms with Crippen LogP contribution in [0.5, 0.6) is 0 Å². The zero-order valence-electron chi connectivity index (χ0n) is 16.6. The summed E-state index contributed by atoms with van der Waals surface area (Å²) in [7, 11) is 0. The molecule has 0 aromatic carbocycles. The van der Waals surface area contributed by atoms with Gasteiger partial charge >= 0.3 is 0 Å². The Morgan fingerprint density at radius 2 is 1.68 bits per heavy atom. The average Bonchev–Trinajstić information content (AvgIpc) is 2.58. The molecular weight excluding hydrogens is 324 g/mol. The third-order valence-corrected chi connectivity index (χ3v) is 5.66. The van der Waals surface area contributed by atoms with Crippen molar-refractivity contribution in [2.45, 2.75) is 58.9 Å². The van der Waals surface area contributed by atoms with Gasteiger partial charge < -0.3 is 4.90 Å². The van der Waals surface area contributed by atoms with Gasteiger partial charge in [0.2, 0.25) is 6.30 Å². The van der Waals surface area contributed by atoms with Gasteiger partial charge in [0.25, 0.3) is 5.92 Å². The van der Waals surface area contributed by atoms with E-state index in [0.29, 0.717) is 44.8 Å². The lowest BCUT2D eigenvalue weighted by atomic mass is 10.1. The lowest BCUT2D eigenvalue weighted by Crippen LogP contribution is -2.72. The molecule has 2 aliphatic rings. The van der Waals surface area contributed by atoms with Crippen molar-refractivity contribution < 1.29 is 8.78 Å². The van der Waals surface area contributed by atoms with E-state index in [-0.39, 0.29) is 0 Å². The summed E-state index contributed by atoms with van der Waals surface area (Å²) < 4.78 is 30.7. The van der Waals surface area contributed by atoms with Gasteiger partial charge in [-0.3, -0.25) is 20.0 Å². The molecular formula is C18H37F2N5. The van der Waals surface area contributed by atoms with Crippen molar-refractivity contribution in [1.82, 2.24) is 24.9 Å². The summed E-state index contributed by atoms with van der Waals surface area (Å²) in [6.45, 7) is 16.7. The van der Waals surface area contributed by atoms with Gasteiger partial charge in [0.15, 0.2) is 0 Å². The molecule has 0 saturated carbocycles. The topological polar surface area (TPSA) is 25.0 Å². The van der Waals surface area contributed by atoms with Gasteiger partial charge in [-0.2, -0.15) is 0 Å². The zero-order valence-corrected chi connectivity index (χ0v) is 16.6. The third kappa shape index (κ3) is 4.89. The summed E-state index contributed by atoms with van der Waals surface area (Å²) in [5, 5.41) is 2.82.